The van der Waals surface area contributed by atoms with Crippen molar-refractivity contribution in [2.24, 2.45) is 0 Å². The van der Waals surface area contributed by atoms with Crippen LogP contribution in [-0.2, 0) is 16.1 Å². The van der Waals surface area contributed by atoms with Crippen LogP contribution in [0.4, 0.5) is 4.39 Å². The molecule has 2 N–H and O–H groups in total. The molecule has 0 aliphatic carbocycles. The van der Waals surface area contributed by atoms with Crippen LogP contribution in [0.1, 0.15) is 24.0 Å². The first-order valence-electron chi connectivity index (χ1n) is 7.08. The number of aliphatic hydroxyl groups excluding tert-OH is 1. The number of carbonyl (C=O) groups excluding carboxylic acids is 2. The predicted octanol–water partition coefficient (Wildman–Crippen LogP) is 1.81. The Balaban J connectivity index is 2.13. The number of hydrogen-bond acceptors (Lipinski definition) is 3. The third kappa shape index (κ3) is 3.44. The summed E-state index contributed by atoms with van der Waals surface area (Å²) in [5.74, 6) is -1.09. The van der Waals surface area contributed by atoms with Gasteiger partial charge in [0.05, 0.1) is 12.0 Å². The summed E-state index contributed by atoms with van der Waals surface area (Å²) < 4.78 is 13.6. The van der Waals surface area contributed by atoms with Gasteiger partial charge in [0.25, 0.3) is 5.91 Å². The lowest BCUT2D eigenvalue weighted by Gasteiger charge is -2.21. The highest BCUT2D eigenvalue weighted by Gasteiger charge is 2.26. The lowest BCUT2D eigenvalue weighted by molar-refractivity contribution is -0.131. The maximum Gasteiger partial charge on any atom is 0.250 e. The Bertz CT molecular complexity index is 640. The van der Waals surface area contributed by atoms with E-state index in [0.29, 0.717) is 17.7 Å². The van der Waals surface area contributed by atoms with Crippen LogP contribution in [0.15, 0.2) is 29.5 Å². The fourth-order valence-corrected chi connectivity index (χ4v) is 2.37. The van der Waals surface area contributed by atoms with Gasteiger partial charge in [-0.25, -0.2) is 4.39 Å². The van der Waals surface area contributed by atoms with E-state index in [1.54, 1.807) is 19.1 Å². The van der Waals surface area contributed by atoms with E-state index < -0.39 is 5.91 Å². The smallest absolute Gasteiger partial charge is 0.250 e. The van der Waals surface area contributed by atoms with Crippen LogP contribution in [0.5, 0.6) is 0 Å². The summed E-state index contributed by atoms with van der Waals surface area (Å²) in [6, 6.07) is 4.84. The SMILES string of the molecule is CNC(=O)C1=C(O)CCN(Cc2ccc(C)c(F)c2)C(=O)C1. The summed E-state index contributed by atoms with van der Waals surface area (Å²) in [6.07, 6.45) is 0.0582. The summed E-state index contributed by atoms with van der Waals surface area (Å²) in [6.45, 7) is 2.22. The highest BCUT2D eigenvalue weighted by atomic mass is 19.1. The predicted molar refractivity (Wildman–Crippen MR) is 79.5 cm³/mol. The lowest BCUT2D eigenvalue weighted by Crippen LogP contribution is -2.31. The first-order chi connectivity index (χ1) is 10.4. The first kappa shape index (κ1) is 16.0. The van der Waals surface area contributed by atoms with Crippen molar-refractivity contribution >= 4 is 11.8 Å². The molecule has 5 nitrogen and oxygen atoms in total. The van der Waals surface area contributed by atoms with E-state index in [-0.39, 0.29) is 42.4 Å². The van der Waals surface area contributed by atoms with Crippen LogP contribution >= 0.6 is 0 Å². The van der Waals surface area contributed by atoms with E-state index in [2.05, 4.69) is 5.32 Å². The lowest BCUT2D eigenvalue weighted by atomic mass is 10.1. The molecule has 0 unspecified atom stereocenters. The minimum Gasteiger partial charge on any atom is -0.512 e. The second kappa shape index (κ2) is 6.60. The molecule has 1 aliphatic heterocycles. The van der Waals surface area contributed by atoms with Crippen LogP contribution in [0.25, 0.3) is 0 Å². The minimum atomic E-state index is -0.450. The number of amides is 2. The molecule has 1 aromatic rings. The van der Waals surface area contributed by atoms with Crippen molar-refractivity contribution in [3.8, 4) is 0 Å². The second-order valence-electron chi connectivity index (χ2n) is 5.33. The molecule has 0 radical (unpaired) electrons. The molecule has 2 rings (SSSR count). The minimum absolute atomic E-state index is 0.0645. The average Bonchev–Trinajstić information content (AvgIpc) is 2.63. The van der Waals surface area contributed by atoms with Crippen molar-refractivity contribution in [3.63, 3.8) is 0 Å². The molecule has 0 saturated heterocycles. The Hall–Kier alpha value is -2.37. The van der Waals surface area contributed by atoms with Gasteiger partial charge in [0.2, 0.25) is 5.91 Å². The van der Waals surface area contributed by atoms with Crippen LogP contribution in [-0.4, -0.2) is 35.4 Å². The van der Waals surface area contributed by atoms with Crippen molar-refractivity contribution in [2.45, 2.75) is 26.3 Å². The summed E-state index contributed by atoms with van der Waals surface area (Å²) >= 11 is 0. The quantitative estimate of drug-likeness (QED) is 0.895. The van der Waals surface area contributed by atoms with Gasteiger partial charge in [-0.05, 0) is 24.1 Å². The molecular weight excluding hydrogens is 287 g/mol. The molecule has 118 valence electrons. The molecule has 0 fully saturated rings. The summed E-state index contributed by atoms with van der Waals surface area (Å²) in [4.78, 5) is 25.5. The fourth-order valence-electron chi connectivity index (χ4n) is 2.37. The molecule has 0 saturated carbocycles. The van der Waals surface area contributed by atoms with E-state index in [4.69, 9.17) is 0 Å². The van der Waals surface area contributed by atoms with Gasteiger partial charge in [-0.2, -0.15) is 0 Å². The monoisotopic (exact) mass is 306 g/mol. The number of aryl methyl sites for hydroxylation is 1. The molecule has 2 amide bonds. The van der Waals surface area contributed by atoms with Crippen molar-refractivity contribution in [3.05, 3.63) is 46.5 Å². The van der Waals surface area contributed by atoms with Crippen LogP contribution in [0.3, 0.4) is 0 Å². The number of nitrogens with one attached hydrogen (secondary N) is 1. The molecule has 0 spiro atoms. The third-order valence-electron chi connectivity index (χ3n) is 3.76. The van der Waals surface area contributed by atoms with Gasteiger partial charge in [-0.1, -0.05) is 12.1 Å². The largest absolute Gasteiger partial charge is 0.512 e. The third-order valence-corrected chi connectivity index (χ3v) is 3.76. The standard InChI is InChI=1S/C16H19FN2O3/c1-10-3-4-11(7-13(10)17)9-19-6-5-14(20)12(8-15(19)21)16(22)18-2/h3-4,7,20H,5-6,8-9H2,1-2H3,(H,18,22). The van der Waals surface area contributed by atoms with Gasteiger partial charge < -0.3 is 15.3 Å². The molecular formula is C16H19FN2O3. The molecule has 0 bridgehead atoms. The number of rotatable bonds is 3. The average molecular weight is 306 g/mol. The van der Waals surface area contributed by atoms with E-state index in [1.807, 2.05) is 0 Å². The Morgan fingerprint density at radius 3 is 2.82 bits per heavy atom. The highest BCUT2D eigenvalue weighted by molar-refractivity contribution is 5.99. The highest BCUT2D eigenvalue weighted by Crippen LogP contribution is 2.20. The molecule has 1 aromatic carbocycles. The maximum absolute atomic E-state index is 13.6. The van der Waals surface area contributed by atoms with Crippen molar-refractivity contribution in [1.29, 1.82) is 0 Å². The number of benzene rings is 1. The van der Waals surface area contributed by atoms with Gasteiger partial charge in [-0.3, -0.25) is 9.59 Å². The van der Waals surface area contributed by atoms with Crippen LogP contribution in [0.2, 0.25) is 0 Å². The molecule has 22 heavy (non-hydrogen) atoms. The molecule has 0 atom stereocenters. The summed E-state index contributed by atoms with van der Waals surface area (Å²) in [5.41, 5.74) is 1.33. The van der Waals surface area contributed by atoms with Crippen LogP contribution < -0.4 is 5.32 Å². The zero-order valence-corrected chi connectivity index (χ0v) is 12.6. The van der Waals surface area contributed by atoms with Crippen LogP contribution in [0, 0.1) is 12.7 Å². The fraction of sp³-hybridized carbons (Fsp3) is 0.375. The van der Waals surface area contributed by atoms with Gasteiger partial charge in [0.15, 0.2) is 0 Å². The Morgan fingerprint density at radius 1 is 1.45 bits per heavy atom. The van der Waals surface area contributed by atoms with Gasteiger partial charge >= 0.3 is 0 Å². The normalized spacial score (nSPS) is 15.8. The Kier molecular flexibility index (Phi) is 4.80. The number of likely N-dealkylation sites (N-methyl/N-ethyl adjacent to an activating group) is 1. The van der Waals surface area contributed by atoms with E-state index in [1.165, 1.54) is 18.0 Å². The maximum atomic E-state index is 13.6. The number of carbonyl (C=O) groups is 2. The van der Waals surface area contributed by atoms with E-state index in [9.17, 15) is 19.1 Å². The molecule has 1 heterocycles. The zero-order valence-electron chi connectivity index (χ0n) is 12.6. The van der Waals surface area contributed by atoms with Gasteiger partial charge in [-0.15, -0.1) is 0 Å². The van der Waals surface area contributed by atoms with Gasteiger partial charge in [0.1, 0.15) is 11.6 Å². The number of hydrogen-bond donors (Lipinski definition) is 2. The van der Waals surface area contributed by atoms with Crippen molar-refractivity contribution in [1.82, 2.24) is 10.2 Å². The van der Waals surface area contributed by atoms with E-state index >= 15 is 0 Å². The zero-order chi connectivity index (χ0) is 16.3. The topological polar surface area (TPSA) is 69.6 Å². The summed E-state index contributed by atoms with van der Waals surface area (Å²) in [7, 11) is 1.45. The molecule has 6 heteroatoms. The van der Waals surface area contributed by atoms with Crippen molar-refractivity contribution < 1.29 is 19.1 Å². The Morgan fingerprint density at radius 2 is 2.18 bits per heavy atom. The number of nitrogens with zero attached hydrogens (tertiary/aromatic N) is 1. The molecule has 0 aromatic heterocycles. The second-order valence-corrected chi connectivity index (χ2v) is 5.33. The Labute approximate surface area is 128 Å². The summed E-state index contributed by atoms with van der Waals surface area (Å²) in [5, 5.41) is 12.3. The van der Waals surface area contributed by atoms with E-state index in [0.717, 1.165) is 0 Å². The number of aliphatic hydroxyl groups is 1. The number of halogens is 1. The van der Waals surface area contributed by atoms with Gasteiger partial charge in [0, 0.05) is 26.6 Å². The molecule has 1 aliphatic rings. The first-order valence-corrected chi connectivity index (χ1v) is 7.08. The van der Waals surface area contributed by atoms with Crippen molar-refractivity contribution in [2.75, 3.05) is 13.6 Å².